The lowest BCUT2D eigenvalue weighted by molar-refractivity contribution is 0.0997. The maximum atomic E-state index is 11.6. The number of aryl methyl sites for hydroxylation is 1. The molecule has 1 aliphatic carbocycles. The van der Waals surface area contributed by atoms with Gasteiger partial charge >= 0.3 is 0 Å². The van der Waals surface area contributed by atoms with E-state index >= 15 is 0 Å². The number of benzene rings is 1. The van der Waals surface area contributed by atoms with Crippen molar-refractivity contribution in [1.29, 1.82) is 0 Å². The summed E-state index contributed by atoms with van der Waals surface area (Å²) in [7, 11) is 0. The van der Waals surface area contributed by atoms with E-state index in [0.717, 1.165) is 31.2 Å². The molecule has 0 spiro atoms. The number of Topliss-reactive ketones (excluding diaryl/α,β-unsaturated/α-hetero) is 1. The van der Waals surface area contributed by atoms with Gasteiger partial charge in [0.15, 0.2) is 5.78 Å². The second kappa shape index (κ2) is 4.03. The highest BCUT2D eigenvalue weighted by Crippen LogP contribution is 2.30. The van der Waals surface area contributed by atoms with E-state index in [4.69, 9.17) is 5.73 Å². The lowest BCUT2D eigenvalue weighted by Crippen LogP contribution is -2.18. The first kappa shape index (κ1) is 10.2. The number of carbonyl (C=O) groups is 1. The molecule has 0 atom stereocenters. The van der Waals surface area contributed by atoms with Gasteiger partial charge in [-0.05, 0) is 42.9 Å². The molecule has 1 aromatic rings. The lowest BCUT2D eigenvalue weighted by Gasteiger charge is -2.19. The average molecular weight is 205 g/mol. The second-order valence-corrected chi connectivity index (χ2v) is 3.93. The largest absolute Gasteiger partial charge is 0.507 e. The molecule has 3 nitrogen and oxygen atoms in total. The zero-order chi connectivity index (χ0) is 10.8. The van der Waals surface area contributed by atoms with Crippen LogP contribution in [-0.2, 0) is 12.8 Å². The summed E-state index contributed by atoms with van der Waals surface area (Å²) in [6.07, 6.45) is 4.13. The highest BCUT2D eigenvalue weighted by atomic mass is 16.3. The van der Waals surface area contributed by atoms with Crippen LogP contribution < -0.4 is 5.73 Å². The highest BCUT2D eigenvalue weighted by Gasteiger charge is 2.20. The maximum absolute atomic E-state index is 11.6. The van der Waals surface area contributed by atoms with Crippen molar-refractivity contribution in [3.8, 4) is 5.75 Å². The SMILES string of the molecule is NCC(=O)c1c(O)ccc2c1CCCC2. The number of hydrogen-bond donors (Lipinski definition) is 2. The monoisotopic (exact) mass is 205 g/mol. The maximum Gasteiger partial charge on any atom is 0.180 e. The number of fused-ring (bicyclic) bond motifs is 1. The van der Waals surface area contributed by atoms with E-state index in [-0.39, 0.29) is 18.1 Å². The second-order valence-electron chi connectivity index (χ2n) is 3.93. The summed E-state index contributed by atoms with van der Waals surface area (Å²) >= 11 is 0. The van der Waals surface area contributed by atoms with Gasteiger partial charge in [-0.1, -0.05) is 6.07 Å². The van der Waals surface area contributed by atoms with Crippen molar-refractivity contribution in [3.63, 3.8) is 0 Å². The third kappa shape index (κ3) is 1.75. The Kier molecular flexibility index (Phi) is 2.73. The molecule has 0 saturated carbocycles. The molecule has 80 valence electrons. The summed E-state index contributed by atoms with van der Waals surface area (Å²) in [5.74, 6) is -0.0858. The molecule has 0 aromatic heterocycles. The van der Waals surface area contributed by atoms with Gasteiger partial charge in [0.2, 0.25) is 0 Å². The molecular weight excluding hydrogens is 190 g/mol. The topological polar surface area (TPSA) is 63.3 Å². The minimum absolute atomic E-state index is 0.0377. The fourth-order valence-electron chi connectivity index (χ4n) is 2.23. The van der Waals surface area contributed by atoms with Crippen LogP contribution in [0.15, 0.2) is 12.1 Å². The van der Waals surface area contributed by atoms with Gasteiger partial charge in [-0.15, -0.1) is 0 Å². The lowest BCUT2D eigenvalue weighted by atomic mass is 9.86. The summed E-state index contributed by atoms with van der Waals surface area (Å²) in [5.41, 5.74) is 8.00. The van der Waals surface area contributed by atoms with Gasteiger partial charge in [0.1, 0.15) is 5.75 Å². The van der Waals surface area contributed by atoms with E-state index in [1.54, 1.807) is 6.07 Å². The van der Waals surface area contributed by atoms with Crippen molar-refractivity contribution in [2.45, 2.75) is 25.7 Å². The Morgan fingerprint density at radius 1 is 1.33 bits per heavy atom. The number of rotatable bonds is 2. The summed E-state index contributed by atoms with van der Waals surface area (Å²) < 4.78 is 0. The zero-order valence-corrected chi connectivity index (χ0v) is 8.62. The van der Waals surface area contributed by atoms with Gasteiger partial charge in [-0.2, -0.15) is 0 Å². The average Bonchev–Trinajstić information content (AvgIpc) is 2.28. The van der Waals surface area contributed by atoms with Crippen LogP contribution in [0.3, 0.4) is 0 Å². The quantitative estimate of drug-likeness (QED) is 0.717. The molecule has 3 N–H and O–H groups in total. The smallest absolute Gasteiger partial charge is 0.180 e. The number of phenols is 1. The molecule has 15 heavy (non-hydrogen) atoms. The third-order valence-electron chi connectivity index (χ3n) is 2.98. The Labute approximate surface area is 88.9 Å². The van der Waals surface area contributed by atoms with Crippen LogP contribution in [0.4, 0.5) is 0 Å². The summed E-state index contributed by atoms with van der Waals surface area (Å²) in [5, 5.41) is 9.69. The molecule has 0 aliphatic heterocycles. The molecule has 0 amide bonds. The molecule has 0 fully saturated rings. The first-order valence-corrected chi connectivity index (χ1v) is 5.31. The van der Waals surface area contributed by atoms with Gasteiger partial charge in [0.25, 0.3) is 0 Å². The molecule has 3 heteroatoms. The Balaban J connectivity index is 2.55. The minimum atomic E-state index is -0.161. The van der Waals surface area contributed by atoms with E-state index < -0.39 is 0 Å². The molecule has 2 rings (SSSR count). The summed E-state index contributed by atoms with van der Waals surface area (Å²) in [4.78, 5) is 11.6. The molecule has 0 bridgehead atoms. The van der Waals surface area contributed by atoms with Gasteiger partial charge in [0.05, 0.1) is 12.1 Å². The van der Waals surface area contributed by atoms with Crippen LogP contribution >= 0.6 is 0 Å². The zero-order valence-electron chi connectivity index (χ0n) is 8.62. The number of ketones is 1. The Hall–Kier alpha value is -1.35. The molecule has 0 saturated heterocycles. The standard InChI is InChI=1S/C12H15NO2/c13-7-11(15)12-9-4-2-1-3-8(9)5-6-10(12)14/h5-6,14H,1-4,7,13H2. The molecule has 0 radical (unpaired) electrons. The molecule has 0 heterocycles. The first-order valence-electron chi connectivity index (χ1n) is 5.31. The van der Waals surface area contributed by atoms with Crippen LogP contribution in [0.25, 0.3) is 0 Å². The van der Waals surface area contributed by atoms with E-state index in [0.29, 0.717) is 5.56 Å². The minimum Gasteiger partial charge on any atom is -0.507 e. The molecule has 1 aliphatic rings. The van der Waals surface area contributed by atoms with Crippen LogP contribution in [0.1, 0.15) is 34.3 Å². The number of nitrogens with two attached hydrogens (primary N) is 1. The van der Waals surface area contributed by atoms with Crippen molar-refractivity contribution < 1.29 is 9.90 Å². The normalized spacial score (nSPS) is 14.7. The van der Waals surface area contributed by atoms with E-state index in [1.165, 1.54) is 5.56 Å². The number of phenolic OH excluding ortho intramolecular Hbond substituents is 1. The fourth-order valence-corrected chi connectivity index (χ4v) is 2.23. The van der Waals surface area contributed by atoms with Gasteiger partial charge in [0, 0.05) is 0 Å². The van der Waals surface area contributed by atoms with Crippen molar-refractivity contribution in [1.82, 2.24) is 0 Å². The van der Waals surface area contributed by atoms with Crippen LogP contribution in [0.2, 0.25) is 0 Å². The third-order valence-corrected chi connectivity index (χ3v) is 2.98. The molecule has 0 unspecified atom stereocenters. The predicted molar refractivity (Wildman–Crippen MR) is 58.1 cm³/mol. The highest BCUT2D eigenvalue weighted by molar-refractivity contribution is 6.01. The van der Waals surface area contributed by atoms with Gasteiger partial charge in [-0.3, -0.25) is 4.79 Å². The Morgan fingerprint density at radius 2 is 2.07 bits per heavy atom. The first-order chi connectivity index (χ1) is 7.24. The van der Waals surface area contributed by atoms with Gasteiger partial charge in [-0.25, -0.2) is 0 Å². The fraction of sp³-hybridized carbons (Fsp3) is 0.417. The van der Waals surface area contributed by atoms with Crippen molar-refractivity contribution in [3.05, 3.63) is 28.8 Å². The van der Waals surface area contributed by atoms with Crippen molar-refractivity contribution in [2.24, 2.45) is 5.73 Å². The summed E-state index contributed by atoms with van der Waals surface area (Å²) in [6.45, 7) is -0.0377. The number of hydrogen-bond acceptors (Lipinski definition) is 3. The van der Waals surface area contributed by atoms with Crippen LogP contribution in [-0.4, -0.2) is 17.4 Å². The van der Waals surface area contributed by atoms with E-state index in [9.17, 15) is 9.90 Å². The van der Waals surface area contributed by atoms with Crippen molar-refractivity contribution >= 4 is 5.78 Å². The molecular formula is C12H15NO2. The van der Waals surface area contributed by atoms with E-state index in [2.05, 4.69) is 0 Å². The van der Waals surface area contributed by atoms with Gasteiger partial charge < -0.3 is 10.8 Å². The number of aromatic hydroxyl groups is 1. The van der Waals surface area contributed by atoms with Crippen LogP contribution in [0, 0.1) is 0 Å². The molecule has 1 aromatic carbocycles. The van der Waals surface area contributed by atoms with Crippen LogP contribution in [0.5, 0.6) is 5.75 Å². The predicted octanol–water partition coefficient (Wildman–Crippen LogP) is 1.41. The summed E-state index contributed by atoms with van der Waals surface area (Å²) in [6, 6.07) is 3.52. The Bertz CT molecular complexity index is 399. The Morgan fingerprint density at radius 3 is 2.80 bits per heavy atom. The van der Waals surface area contributed by atoms with Crippen molar-refractivity contribution in [2.75, 3.05) is 6.54 Å². The number of carbonyl (C=O) groups excluding carboxylic acids is 1. The van der Waals surface area contributed by atoms with E-state index in [1.807, 2.05) is 6.07 Å².